The molecule has 1 N–H and O–H groups in total. The van der Waals surface area contributed by atoms with E-state index >= 15 is 0 Å². The zero-order valence-electron chi connectivity index (χ0n) is 19.0. The predicted molar refractivity (Wildman–Crippen MR) is 124 cm³/mol. The summed E-state index contributed by atoms with van der Waals surface area (Å²) in [7, 11) is 0. The molecule has 1 fully saturated rings. The highest BCUT2D eigenvalue weighted by molar-refractivity contribution is 6.51. The van der Waals surface area contributed by atoms with Gasteiger partial charge in [0.15, 0.2) is 0 Å². The molecule has 1 aliphatic heterocycles. The molecule has 1 amide bonds. The molecule has 2 heterocycles. The van der Waals surface area contributed by atoms with Crippen LogP contribution in [-0.2, 0) is 9.59 Å². The van der Waals surface area contributed by atoms with Gasteiger partial charge in [0.25, 0.3) is 11.7 Å². The van der Waals surface area contributed by atoms with Crippen LogP contribution in [0.3, 0.4) is 0 Å². The Morgan fingerprint density at radius 2 is 1.72 bits per heavy atom. The molecule has 1 saturated heterocycles. The number of amides is 1. The highest BCUT2D eigenvalue weighted by atomic mass is 19.4. The lowest BCUT2D eigenvalue weighted by Gasteiger charge is -2.25. The highest BCUT2D eigenvalue weighted by Gasteiger charge is 2.47. The number of alkyl halides is 3. The van der Waals surface area contributed by atoms with Crippen LogP contribution in [0.25, 0.3) is 5.76 Å². The fourth-order valence-electron chi connectivity index (χ4n) is 3.88. The summed E-state index contributed by atoms with van der Waals surface area (Å²) in [6.45, 7) is 2.40. The van der Waals surface area contributed by atoms with Gasteiger partial charge in [-0.25, -0.2) is 0 Å². The summed E-state index contributed by atoms with van der Waals surface area (Å²) >= 11 is 0. The van der Waals surface area contributed by atoms with Crippen molar-refractivity contribution in [2.75, 3.05) is 11.5 Å². The van der Waals surface area contributed by atoms with Gasteiger partial charge >= 0.3 is 6.36 Å². The number of ether oxygens (including phenoxy) is 2. The maximum Gasteiger partial charge on any atom is 0.573 e. The van der Waals surface area contributed by atoms with Crippen LogP contribution in [0.15, 0.2) is 78.6 Å². The molecular weight excluding hydrogens is 477 g/mol. The molecule has 0 bridgehead atoms. The lowest BCUT2D eigenvalue weighted by atomic mass is 9.95. The van der Waals surface area contributed by atoms with E-state index < -0.39 is 35.6 Å². The first-order valence-corrected chi connectivity index (χ1v) is 11.0. The third-order valence-corrected chi connectivity index (χ3v) is 5.40. The van der Waals surface area contributed by atoms with E-state index in [-0.39, 0.29) is 16.8 Å². The summed E-state index contributed by atoms with van der Waals surface area (Å²) in [4.78, 5) is 31.4. The monoisotopic (exact) mass is 498 g/mol. The lowest BCUT2D eigenvalue weighted by molar-refractivity contribution is -0.274. The van der Waals surface area contributed by atoms with E-state index in [0.29, 0.717) is 17.9 Å². The second kappa shape index (κ2) is 10.1. The zero-order chi connectivity index (χ0) is 25.9. The van der Waals surface area contributed by atoms with Crippen molar-refractivity contribution in [2.24, 2.45) is 0 Å². The van der Waals surface area contributed by atoms with Crippen molar-refractivity contribution in [1.82, 2.24) is 4.98 Å². The second-order valence-corrected chi connectivity index (χ2v) is 7.87. The maximum atomic E-state index is 13.2. The summed E-state index contributed by atoms with van der Waals surface area (Å²) in [5, 5.41) is 11.2. The Kier molecular flexibility index (Phi) is 6.96. The number of pyridine rings is 1. The van der Waals surface area contributed by atoms with Crippen molar-refractivity contribution < 1.29 is 37.3 Å². The molecule has 0 spiro atoms. The molecule has 3 aromatic rings. The molecular formula is C26H21F3N2O5. The number of aliphatic hydroxyl groups excluding tert-OH is 1. The molecule has 1 atom stereocenters. The Hall–Kier alpha value is -4.34. The van der Waals surface area contributed by atoms with Crippen LogP contribution in [0.5, 0.6) is 11.5 Å². The fraction of sp³-hybridized carbons (Fsp3) is 0.192. The normalized spacial score (nSPS) is 17.3. The third-order valence-electron chi connectivity index (χ3n) is 5.40. The lowest BCUT2D eigenvalue weighted by Crippen LogP contribution is -2.29. The quantitative estimate of drug-likeness (QED) is 0.267. The van der Waals surface area contributed by atoms with E-state index in [2.05, 4.69) is 9.72 Å². The zero-order valence-corrected chi connectivity index (χ0v) is 19.0. The fourth-order valence-corrected chi connectivity index (χ4v) is 3.88. The predicted octanol–water partition coefficient (Wildman–Crippen LogP) is 5.40. The van der Waals surface area contributed by atoms with Crippen molar-refractivity contribution in [3.05, 3.63) is 89.8 Å². The van der Waals surface area contributed by atoms with Gasteiger partial charge in [-0.15, -0.1) is 13.2 Å². The molecule has 186 valence electrons. The molecule has 10 heteroatoms. The van der Waals surface area contributed by atoms with E-state index in [1.54, 1.807) is 36.4 Å². The average Bonchev–Trinajstić information content (AvgIpc) is 3.13. The standard InChI is InChI=1S/C26H21F3N2O5/c1-2-14-35-20-5-3-4-17(15-20)23(32)21-22(16-10-12-30-13-11-16)31(25(34)24(21)33)18-6-8-19(9-7-18)36-26(27,28)29/h3-13,15,22,32H,2,14H2,1H3/b23-21-. The van der Waals surface area contributed by atoms with Crippen molar-refractivity contribution >= 4 is 23.1 Å². The molecule has 0 radical (unpaired) electrons. The van der Waals surface area contributed by atoms with Gasteiger partial charge < -0.3 is 14.6 Å². The number of rotatable bonds is 7. The molecule has 1 unspecified atom stereocenters. The minimum Gasteiger partial charge on any atom is -0.507 e. The molecule has 0 aliphatic carbocycles. The van der Waals surface area contributed by atoms with Crippen molar-refractivity contribution in [3.63, 3.8) is 0 Å². The second-order valence-electron chi connectivity index (χ2n) is 7.87. The Morgan fingerprint density at radius 1 is 1.03 bits per heavy atom. The number of carbonyl (C=O) groups excluding carboxylic acids is 2. The number of hydrogen-bond acceptors (Lipinski definition) is 6. The average molecular weight is 498 g/mol. The van der Waals surface area contributed by atoms with Gasteiger partial charge in [0.1, 0.15) is 17.3 Å². The third kappa shape index (κ3) is 5.17. The number of halogens is 3. The molecule has 7 nitrogen and oxygen atoms in total. The first-order valence-electron chi connectivity index (χ1n) is 11.0. The topological polar surface area (TPSA) is 89.0 Å². The van der Waals surface area contributed by atoms with Gasteiger partial charge in [0.2, 0.25) is 0 Å². The van der Waals surface area contributed by atoms with Crippen LogP contribution >= 0.6 is 0 Å². The van der Waals surface area contributed by atoms with Crippen molar-refractivity contribution in [1.29, 1.82) is 0 Å². The molecule has 4 rings (SSSR count). The Bertz CT molecular complexity index is 1290. The molecule has 0 saturated carbocycles. The van der Waals surface area contributed by atoms with Gasteiger partial charge in [-0.3, -0.25) is 19.5 Å². The minimum absolute atomic E-state index is 0.146. The minimum atomic E-state index is -4.88. The van der Waals surface area contributed by atoms with Crippen LogP contribution in [0.1, 0.15) is 30.5 Å². The summed E-state index contributed by atoms with van der Waals surface area (Å²) in [5.41, 5.74) is 0.719. The summed E-state index contributed by atoms with van der Waals surface area (Å²) in [5.74, 6) is -2.29. The van der Waals surface area contributed by atoms with Crippen LogP contribution in [0.2, 0.25) is 0 Å². The number of aliphatic hydroxyl groups is 1. The smallest absolute Gasteiger partial charge is 0.507 e. The van der Waals surface area contributed by atoms with Crippen LogP contribution < -0.4 is 14.4 Å². The van der Waals surface area contributed by atoms with Gasteiger partial charge in [-0.2, -0.15) is 0 Å². The molecule has 1 aliphatic rings. The van der Waals surface area contributed by atoms with Crippen LogP contribution in [-0.4, -0.2) is 34.8 Å². The number of Topliss-reactive ketones (excluding diaryl/α,β-unsaturated/α-hetero) is 1. The van der Waals surface area contributed by atoms with E-state index in [1.165, 1.54) is 24.5 Å². The first-order chi connectivity index (χ1) is 17.2. The maximum absolute atomic E-state index is 13.2. The number of ketones is 1. The number of aromatic nitrogens is 1. The SMILES string of the molecule is CCCOc1cccc(/C(O)=C2/C(=O)C(=O)N(c3ccc(OC(F)(F)F)cc3)C2c2ccncc2)c1. The Morgan fingerprint density at radius 3 is 2.36 bits per heavy atom. The molecule has 2 aromatic carbocycles. The van der Waals surface area contributed by atoms with E-state index in [9.17, 15) is 27.9 Å². The first kappa shape index (κ1) is 24.8. The Balaban J connectivity index is 1.80. The van der Waals surface area contributed by atoms with Crippen LogP contribution in [0.4, 0.5) is 18.9 Å². The van der Waals surface area contributed by atoms with Crippen molar-refractivity contribution in [2.45, 2.75) is 25.7 Å². The summed E-state index contributed by atoms with van der Waals surface area (Å²) in [6, 6.07) is 13.2. The van der Waals surface area contributed by atoms with Gasteiger partial charge in [-0.1, -0.05) is 19.1 Å². The number of benzene rings is 2. The summed E-state index contributed by atoms with van der Waals surface area (Å²) < 4.78 is 47.2. The van der Waals surface area contributed by atoms with E-state index in [1.807, 2.05) is 6.92 Å². The number of hydrogen-bond donors (Lipinski definition) is 1. The largest absolute Gasteiger partial charge is 0.573 e. The number of nitrogens with zero attached hydrogens (tertiary/aromatic N) is 2. The number of anilines is 1. The summed E-state index contributed by atoms with van der Waals surface area (Å²) in [6.07, 6.45) is -1.17. The van der Waals surface area contributed by atoms with Crippen molar-refractivity contribution in [3.8, 4) is 11.5 Å². The number of carbonyl (C=O) groups is 2. The Labute approximate surface area is 204 Å². The van der Waals surface area contributed by atoms with Gasteiger partial charge in [-0.05, 0) is 60.5 Å². The van der Waals surface area contributed by atoms with E-state index in [0.717, 1.165) is 23.5 Å². The van der Waals surface area contributed by atoms with Gasteiger partial charge in [0.05, 0.1) is 18.2 Å². The molecule has 1 aromatic heterocycles. The van der Waals surface area contributed by atoms with Crippen LogP contribution in [0, 0.1) is 0 Å². The molecule has 36 heavy (non-hydrogen) atoms. The van der Waals surface area contributed by atoms with E-state index in [4.69, 9.17) is 4.74 Å². The van der Waals surface area contributed by atoms with Gasteiger partial charge in [0, 0.05) is 23.6 Å². The highest BCUT2D eigenvalue weighted by Crippen LogP contribution is 2.42.